The number of furan rings is 1. The molecule has 2 heterocycles. The van der Waals surface area contributed by atoms with E-state index in [0.29, 0.717) is 61.3 Å². The molecular weight excluding hydrogens is 605 g/mol. The van der Waals surface area contributed by atoms with Gasteiger partial charge in [0.15, 0.2) is 0 Å². The summed E-state index contributed by atoms with van der Waals surface area (Å²) in [5.74, 6) is -0.0411. The molecule has 12 heteroatoms. The molecule has 6 aromatic rings. The summed E-state index contributed by atoms with van der Waals surface area (Å²) >= 11 is 0. The number of nitrogens with one attached hydrogen (secondary N) is 1. The summed E-state index contributed by atoms with van der Waals surface area (Å²) in [4.78, 5) is 13.2. The zero-order chi connectivity index (χ0) is 32.3. The molecule has 1 N–H and O–H groups in total. The molecule has 1 amide bonds. The van der Waals surface area contributed by atoms with Crippen LogP contribution in [0.15, 0.2) is 89.5 Å². The highest BCUT2D eigenvalue weighted by molar-refractivity contribution is 7.92. The van der Waals surface area contributed by atoms with Crippen LogP contribution in [0.2, 0.25) is 0 Å². The maximum Gasteiger partial charge on any atom is 0.416 e. The Hall–Kier alpha value is -5.10. The number of benzene rings is 4. The van der Waals surface area contributed by atoms with Crippen molar-refractivity contribution in [2.45, 2.75) is 13.1 Å². The molecule has 0 fully saturated rings. The molecule has 0 atom stereocenters. The molecule has 0 unspecified atom stereocenters. The lowest BCUT2D eigenvalue weighted by Gasteiger charge is -2.21. The summed E-state index contributed by atoms with van der Waals surface area (Å²) < 4.78 is 73.9. The van der Waals surface area contributed by atoms with Gasteiger partial charge < -0.3 is 9.73 Å². The number of fused-ring (bicyclic) bond motifs is 2. The molecule has 0 aliphatic heterocycles. The minimum absolute atomic E-state index is 0.294. The number of alkyl halides is 3. The zero-order valence-electron chi connectivity index (χ0n) is 24.6. The molecule has 0 aliphatic rings. The van der Waals surface area contributed by atoms with Crippen LogP contribution < -0.4 is 9.62 Å². The first-order valence-corrected chi connectivity index (χ1v) is 15.6. The molecule has 2 aromatic heterocycles. The Morgan fingerprint density at radius 1 is 0.956 bits per heavy atom. The van der Waals surface area contributed by atoms with E-state index in [1.54, 1.807) is 36.5 Å². The van der Waals surface area contributed by atoms with Crippen molar-refractivity contribution in [3.8, 4) is 28.1 Å². The first-order chi connectivity index (χ1) is 21.3. The first-order valence-electron chi connectivity index (χ1n) is 13.8. The second-order valence-electron chi connectivity index (χ2n) is 10.7. The molecule has 6 rings (SSSR count). The Kier molecular flexibility index (Phi) is 7.19. The van der Waals surface area contributed by atoms with Crippen molar-refractivity contribution in [1.29, 1.82) is 0 Å². The number of amides is 1. The van der Waals surface area contributed by atoms with Crippen molar-refractivity contribution in [2.75, 3.05) is 24.7 Å². The van der Waals surface area contributed by atoms with Crippen molar-refractivity contribution < 1.29 is 30.8 Å². The van der Waals surface area contributed by atoms with Crippen molar-refractivity contribution >= 4 is 43.5 Å². The SMILES string of the molecule is CNC(=O)c1c(-c2ccc(C)cc2)oc2cc(N(C)S(C)(=O)=O)c(-c3ccc4cnn(-c5ccc(C(F)(F)F)cc5)c4c3)cc12. The van der Waals surface area contributed by atoms with Crippen LogP contribution >= 0.6 is 0 Å². The van der Waals surface area contributed by atoms with Gasteiger partial charge in [-0.3, -0.25) is 9.10 Å². The number of nitrogens with zero attached hydrogens (tertiary/aromatic N) is 3. The monoisotopic (exact) mass is 632 g/mol. The van der Waals surface area contributed by atoms with Gasteiger partial charge in [-0.2, -0.15) is 18.3 Å². The molecule has 0 saturated carbocycles. The third-order valence-electron chi connectivity index (χ3n) is 7.73. The lowest BCUT2D eigenvalue weighted by atomic mass is 9.97. The normalized spacial score (nSPS) is 12.2. The van der Waals surface area contributed by atoms with Gasteiger partial charge in [0.05, 0.1) is 40.5 Å². The van der Waals surface area contributed by atoms with Gasteiger partial charge in [0.2, 0.25) is 10.0 Å². The van der Waals surface area contributed by atoms with Crippen LogP contribution in [0.5, 0.6) is 0 Å². The molecule has 4 aromatic carbocycles. The van der Waals surface area contributed by atoms with E-state index in [0.717, 1.165) is 28.3 Å². The Labute approximate surface area is 256 Å². The van der Waals surface area contributed by atoms with Gasteiger partial charge in [0.1, 0.15) is 11.3 Å². The summed E-state index contributed by atoms with van der Waals surface area (Å²) in [6.07, 6.45) is -1.80. The van der Waals surface area contributed by atoms with E-state index in [2.05, 4.69) is 10.4 Å². The Morgan fingerprint density at radius 3 is 2.24 bits per heavy atom. The number of hydrogen-bond acceptors (Lipinski definition) is 5. The van der Waals surface area contributed by atoms with E-state index in [1.165, 1.54) is 30.9 Å². The van der Waals surface area contributed by atoms with Crippen LogP contribution in [0.25, 0.3) is 50.0 Å². The third-order valence-corrected chi connectivity index (χ3v) is 8.92. The maximum atomic E-state index is 13.2. The van der Waals surface area contributed by atoms with Crippen LogP contribution in [-0.4, -0.2) is 44.5 Å². The molecule has 230 valence electrons. The fourth-order valence-corrected chi connectivity index (χ4v) is 5.75. The number of carbonyl (C=O) groups excluding carboxylic acids is 1. The number of aryl methyl sites for hydroxylation is 1. The number of halogens is 3. The lowest BCUT2D eigenvalue weighted by Crippen LogP contribution is -2.25. The molecule has 0 aliphatic carbocycles. The summed E-state index contributed by atoms with van der Waals surface area (Å²) in [6.45, 7) is 1.95. The zero-order valence-corrected chi connectivity index (χ0v) is 25.4. The second kappa shape index (κ2) is 10.8. The lowest BCUT2D eigenvalue weighted by molar-refractivity contribution is -0.137. The number of rotatable bonds is 6. The summed E-state index contributed by atoms with van der Waals surface area (Å²) in [6, 6.07) is 20.8. The van der Waals surface area contributed by atoms with Crippen LogP contribution in [0.3, 0.4) is 0 Å². The number of carbonyl (C=O) groups is 1. The second-order valence-corrected chi connectivity index (χ2v) is 12.7. The quantitative estimate of drug-likeness (QED) is 0.210. The first kappa shape index (κ1) is 29.9. The average Bonchev–Trinajstić information content (AvgIpc) is 3.60. The highest BCUT2D eigenvalue weighted by Crippen LogP contribution is 2.42. The van der Waals surface area contributed by atoms with Gasteiger partial charge in [0, 0.05) is 42.1 Å². The molecule has 45 heavy (non-hydrogen) atoms. The molecule has 0 spiro atoms. The Balaban J connectivity index is 1.59. The van der Waals surface area contributed by atoms with Gasteiger partial charge in [-0.05, 0) is 48.9 Å². The summed E-state index contributed by atoms with van der Waals surface area (Å²) in [5, 5.41) is 8.26. The summed E-state index contributed by atoms with van der Waals surface area (Å²) in [7, 11) is -0.790. The van der Waals surface area contributed by atoms with Crippen LogP contribution in [0, 0.1) is 6.92 Å². The van der Waals surface area contributed by atoms with Gasteiger partial charge in [-0.1, -0.05) is 42.0 Å². The van der Waals surface area contributed by atoms with Gasteiger partial charge >= 0.3 is 6.18 Å². The van der Waals surface area contributed by atoms with Crippen molar-refractivity contribution in [3.63, 3.8) is 0 Å². The number of aromatic nitrogens is 2. The minimum Gasteiger partial charge on any atom is -0.455 e. The Bertz CT molecular complexity index is 2200. The highest BCUT2D eigenvalue weighted by atomic mass is 32.2. The number of hydrogen-bond donors (Lipinski definition) is 1. The minimum atomic E-state index is -4.47. The fourth-order valence-electron chi connectivity index (χ4n) is 5.24. The van der Waals surface area contributed by atoms with Crippen molar-refractivity contribution in [3.05, 3.63) is 102 Å². The molecule has 0 bridgehead atoms. The number of anilines is 1. The predicted molar refractivity (Wildman–Crippen MR) is 168 cm³/mol. The highest BCUT2D eigenvalue weighted by Gasteiger charge is 2.30. The van der Waals surface area contributed by atoms with E-state index in [9.17, 15) is 26.4 Å². The fraction of sp³-hybridized carbons (Fsp3) is 0.152. The van der Waals surface area contributed by atoms with Crippen LogP contribution in [0.4, 0.5) is 18.9 Å². The molecular formula is C33H27F3N4O4S. The molecule has 0 saturated heterocycles. The van der Waals surface area contributed by atoms with Crippen molar-refractivity contribution in [2.24, 2.45) is 0 Å². The third kappa shape index (κ3) is 5.42. The van der Waals surface area contributed by atoms with E-state index < -0.39 is 21.8 Å². The standard InChI is InChI=1S/C33H27F3N4O4S/c1-19-5-7-20(8-6-19)31-30(32(41)37-2)26-16-25(28(17-29(26)44-31)39(3)45(4,42)43)21-9-10-22-18-38-40(27(22)15-21)24-13-11-23(12-14-24)33(34,35)36/h5-18H,1-4H3,(H,37,41). The van der Waals surface area contributed by atoms with Crippen LogP contribution in [0.1, 0.15) is 21.5 Å². The predicted octanol–water partition coefficient (Wildman–Crippen LogP) is 7.19. The van der Waals surface area contributed by atoms with E-state index in [1.807, 2.05) is 31.2 Å². The Morgan fingerprint density at radius 2 is 1.62 bits per heavy atom. The van der Waals surface area contributed by atoms with Crippen molar-refractivity contribution in [1.82, 2.24) is 15.1 Å². The van der Waals surface area contributed by atoms with Gasteiger partial charge in [-0.25, -0.2) is 13.1 Å². The molecule has 0 radical (unpaired) electrons. The molecule has 8 nitrogen and oxygen atoms in total. The average molecular weight is 633 g/mol. The summed E-state index contributed by atoms with van der Waals surface area (Å²) in [5.41, 5.74) is 3.91. The van der Waals surface area contributed by atoms with Gasteiger partial charge in [0.25, 0.3) is 5.91 Å². The number of sulfonamides is 1. The van der Waals surface area contributed by atoms with E-state index >= 15 is 0 Å². The smallest absolute Gasteiger partial charge is 0.416 e. The van der Waals surface area contributed by atoms with E-state index in [-0.39, 0.29) is 5.91 Å². The largest absolute Gasteiger partial charge is 0.455 e. The van der Waals surface area contributed by atoms with Gasteiger partial charge in [-0.15, -0.1) is 0 Å². The topological polar surface area (TPSA) is 97.4 Å². The maximum absolute atomic E-state index is 13.2. The van der Waals surface area contributed by atoms with E-state index in [4.69, 9.17) is 4.42 Å². The van der Waals surface area contributed by atoms with Crippen LogP contribution in [-0.2, 0) is 16.2 Å².